The monoisotopic (exact) mass is 389 g/mol. The van der Waals surface area contributed by atoms with Crippen molar-refractivity contribution >= 4 is 35.8 Å². The van der Waals surface area contributed by atoms with E-state index in [1.807, 2.05) is 0 Å². The molecule has 1 amide bonds. The summed E-state index contributed by atoms with van der Waals surface area (Å²) in [4.78, 5) is 18.8. The van der Waals surface area contributed by atoms with Gasteiger partial charge in [0, 0.05) is 34.5 Å². The SMILES string of the molecule is CN1CCCC1COc1ccc(C(=O)Nc2ccc(Cl)c(B(O)O)c2)cn1. The molecule has 1 aliphatic rings. The standard InChI is InChI=1S/C18H21BClN3O4/c1-23-8-2-3-14(23)11-27-17-7-4-12(10-21-17)18(24)22-13-5-6-16(20)15(9-13)19(25)26/h4-7,9-10,14,25-26H,2-3,8,11H2,1H3,(H,22,24). The molecule has 1 aromatic heterocycles. The molecular formula is C18H21BClN3O4. The minimum atomic E-state index is -1.72. The van der Waals surface area contributed by atoms with E-state index in [4.69, 9.17) is 16.3 Å². The molecule has 7 nitrogen and oxygen atoms in total. The van der Waals surface area contributed by atoms with Crippen molar-refractivity contribution in [3.8, 4) is 5.88 Å². The predicted octanol–water partition coefficient (Wildman–Crippen LogP) is 1.14. The zero-order valence-corrected chi connectivity index (χ0v) is 15.7. The number of rotatable bonds is 6. The number of carbonyl (C=O) groups is 1. The lowest BCUT2D eigenvalue weighted by Crippen LogP contribution is -2.31. The molecular weight excluding hydrogens is 368 g/mol. The normalized spacial score (nSPS) is 17.0. The van der Waals surface area contributed by atoms with Crippen LogP contribution in [0.2, 0.25) is 5.02 Å². The van der Waals surface area contributed by atoms with Gasteiger partial charge in [0.2, 0.25) is 5.88 Å². The number of hydrogen-bond donors (Lipinski definition) is 3. The highest BCUT2D eigenvalue weighted by Crippen LogP contribution is 2.17. The second kappa shape index (κ2) is 8.71. The van der Waals surface area contributed by atoms with Crippen molar-refractivity contribution in [2.45, 2.75) is 18.9 Å². The van der Waals surface area contributed by atoms with Crippen molar-refractivity contribution in [2.75, 3.05) is 25.5 Å². The molecule has 0 spiro atoms. The van der Waals surface area contributed by atoms with Crippen molar-refractivity contribution < 1.29 is 19.6 Å². The van der Waals surface area contributed by atoms with Gasteiger partial charge in [-0.1, -0.05) is 11.6 Å². The second-order valence-corrected chi connectivity index (χ2v) is 6.94. The second-order valence-electron chi connectivity index (χ2n) is 6.54. The van der Waals surface area contributed by atoms with Crippen LogP contribution in [0.3, 0.4) is 0 Å². The summed E-state index contributed by atoms with van der Waals surface area (Å²) >= 11 is 5.89. The number of nitrogens with zero attached hydrogens (tertiary/aromatic N) is 2. The molecule has 2 aromatic rings. The molecule has 2 heterocycles. The highest BCUT2D eigenvalue weighted by molar-refractivity contribution is 6.62. The van der Waals surface area contributed by atoms with Crippen molar-refractivity contribution in [1.82, 2.24) is 9.88 Å². The van der Waals surface area contributed by atoms with E-state index in [-0.39, 0.29) is 16.4 Å². The fourth-order valence-corrected chi connectivity index (χ4v) is 3.21. The van der Waals surface area contributed by atoms with Crippen LogP contribution in [-0.2, 0) is 0 Å². The molecule has 3 rings (SSSR count). The number of nitrogens with one attached hydrogen (secondary N) is 1. The first-order valence-electron chi connectivity index (χ1n) is 8.70. The van der Waals surface area contributed by atoms with E-state index in [2.05, 4.69) is 22.2 Å². The van der Waals surface area contributed by atoms with Crippen LogP contribution in [0.4, 0.5) is 5.69 Å². The van der Waals surface area contributed by atoms with Crippen LogP contribution in [-0.4, -0.2) is 59.2 Å². The summed E-state index contributed by atoms with van der Waals surface area (Å²) in [5.41, 5.74) is 0.881. The molecule has 27 heavy (non-hydrogen) atoms. The molecule has 0 aliphatic carbocycles. The van der Waals surface area contributed by atoms with Crippen LogP contribution in [0.1, 0.15) is 23.2 Å². The lowest BCUT2D eigenvalue weighted by molar-refractivity contribution is 0.102. The Morgan fingerprint density at radius 1 is 1.41 bits per heavy atom. The number of hydrogen-bond acceptors (Lipinski definition) is 6. The first-order valence-corrected chi connectivity index (χ1v) is 9.08. The predicted molar refractivity (Wildman–Crippen MR) is 105 cm³/mol. The fourth-order valence-electron chi connectivity index (χ4n) is 2.99. The van der Waals surface area contributed by atoms with Crippen molar-refractivity contribution in [3.05, 3.63) is 47.1 Å². The highest BCUT2D eigenvalue weighted by atomic mass is 35.5. The summed E-state index contributed by atoms with van der Waals surface area (Å²) in [6.45, 7) is 1.66. The average Bonchev–Trinajstić information content (AvgIpc) is 3.06. The van der Waals surface area contributed by atoms with Crippen LogP contribution in [0.15, 0.2) is 36.5 Å². The Bertz CT molecular complexity index is 804. The van der Waals surface area contributed by atoms with Crippen LogP contribution >= 0.6 is 11.6 Å². The number of ether oxygens (including phenoxy) is 1. The molecule has 0 radical (unpaired) electrons. The third kappa shape index (κ3) is 4.98. The van der Waals surface area contributed by atoms with E-state index in [1.54, 1.807) is 18.2 Å². The zero-order valence-electron chi connectivity index (χ0n) is 14.9. The molecule has 0 bridgehead atoms. The summed E-state index contributed by atoms with van der Waals surface area (Å²) < 4.78 is 5.71. The molecule has 9 heteroatoms. The maximum Gasteiger partial charge on any atom is 0.490 e. The molecule has 1 aliphatic heterocycles. The van der Waals surface area contributed by atoms with Gasteiger partial charge >= 0.3 is 7.12 Å². The lowest BCUT2D eigenvalue weighted by atomic mass is 9.80. The molecule has 3 N–H and O–H groups in total. The van der Waals surface area contributed by atoms with Gasteiger partial charge in [0.15, 0.2) is 0 Å². The topological polar surface area (TPSA) is 94.9 Å². The third-order valence-corrected chi connectivity index (χ3v) is 4.97. The van der Waals surface area contributed by atoms with Crippen LogP contribution in [0, 0.1) is 0 Å². The quantitative estimate of drug-likeness (QED) is 0.641. The van der Waals surface area contributed by atoms with Gasteiger partial charge in [-0.15, -0.1) is 0 Å². The van der Waals surface area contributed by atoms with Crippen molar-refractivity contribution in [1.29, 1.82) is 0 Å². The Labute approximate surface area is 163 Å². The Kier molecular flexibility index (Phi) is 6.33. The number of amides is 1. The highest BCUT2D eigenvalue weighted by Gasteiger charge is 2.21. The minimum absolute atomic E-state index is 0.119. The van der Waals surface area contributed by atoms with Gasteiger partial charge < -0.3 is 25.0 Å². The maximum absolute atomic E-state index is 12.3. The third-order valence-electron chi connectivity index (χ3n) is 4.63. The van der Waals surface area contributed by atoms with Gasteiger partial charge in [-0.2, -0.15) is 0 Å². The fraction of sp³-hybridized carbons (Fsp3) is 0.333. The Morgan fingerprint density at radius 2 is 2.22 bits per heavy atom. The number of benzene rings is 1. The summed E-state index contributed by atoms with van der Waals surface area (Å²) in [6.07, 6.45) is 3.74. The van der Waals surface area contributed by atoms with Crippen LogP contribution in [0.25, 0.3) is 0 Å². The van der Waals surface area contributed by atoms with E-state index < -0.39 is 7.12 Å². The molecule has 1 unspecified atom stereocenters. The summed E-state index contributed by atoms with van der Waals surface area (Å²) in [7, 11) is 0.367. The van der Waals surface area contributed by atoms with E-state index >= 15 is 0 Å². The number of likely N-dealkylation sites (tertiary alicyclic amines) is 1. The molecule has 0 saturated carbocycles. The first kappa shape index (κ1) is 19.6. The van der Waals surface area contributed by atoms with E-state index in [0.717, 1.165) is 13.0 Å². The van der Waals surface area contributed by atoms with Gasteiger partial charge in [0.25, 0.3) is 5.91 Å². The zero-order chi connectivity index (χ0) is 19.4. The minimum Gasteiger partial charge on any atom is -0.476 e. The molecule has 1 atom stereocenters. The van der Waals surface area contributed by atoms with Gasteiger partial charge in [0.1, 0.15) is 6.61 Å². The van der Waals surface area contributed by atoms with E-state index in [9.17, 15) is 14.8 Å². The van der Waals surface area contributed by atoms with Gasteiger partial charge in [-0.25, -0.2) is 4.98 Å². The number of carbonyl (C=O) groups excluding carboxylic acids is 1. The largest absolute Gasteiger partial charge is 0.490 e. The summed E-state index contributed by atoms with van der Waals surface area (Å²) in [6, 6.07) is 8.17. The number of aromatic nitrogens is 1. The lowest BCUT2D eigenvalue weighted by Gasteiger charge is -2.19. The number of pyridine rings is 1. The summed E-state index contributed by atoms with van der Waals surface area (Å²) in [5.74, 6) is 0.106. The number of halogens is 1. The molecule has 142 valence electrons. The van der Waals surface area contributed by atoms with E-state index in [0.29, 0.717) is 29.8 Å². The first-order chi connectivity index (χ1) is 12.9. The molecule has 1 saturated heterocycles. The Morgan fingerprint density at radius 3 is 2.85 bits per heavy atom. The number of anilines is 1. The molecule has 1 aromatic carbocycles. The van der Waals surface area contributed by atoms with Gasteiger partial charge in [-0.05, 0) is 50.7 Å². The van der Waals surface area contributed by atoms with Crippen LogP contribution in [0.5, 0.6) is 5.88 Å². The molecule has 1 fully saturated rings. The smallest absolute Gasteiger partial charge is 0.476 e. The Hall–Kier alpha value is -2.13. The number of likely N-dealkylation sites (N-methyl/N-ethyl adjacent to an activating group) is 1. The maximum atomic E-state index is 12.3. The van der Waals surface area contributed by atoms with Gasteiger partial charge in [0.05, 0.1) is 5.56 Å². The summed E-state index contributed by atoms with van der Waals surface area (Å²) in [5, 5.41) is 21.5. The average molecular weight is 390 g/mol. The van der Waals surface area contributed by atoms with E-state index in [1.165, 1.54) is 24.8 Å². The van der Waals surface area contributed by atoms with Crippen molar-refractivity contribution in [2.24, 2.45) is 0 Å². The van der Waals surface area contributed by atoms with Crippen LogP contribution < -0.4 is 15.5 Å². The Balaban J connectivity index is 1.59. The van der Waals surface area contributed by atoms with Gasteiger partial charge in [-0.3, -0.25) is 4.79 Å². The van der Waals surface area contributed by atoms with Crippen molar-refractivity contribution in [3.63, 3.8) is 0 Å².